The number of carbonyl (C=O) groups is 1. The average Bonchev–Trinajstić information content (AvgIpc) is 3.31. The van der Waals surface area contributed by atoms with Gasteiger partial charge in [-0.15, -0.1) is 0 Å². The number of aromatic nitrogens is 2. The first kappa shape index (κ1) is 20.9. The van der Waals surface area contributed by atoms with Crippen molar-refractivity contribution in [2.45, 2.75) is 20.3 Å². The van der Waals surface area contributed by atoms with Crippen LogP contribution in [0, 0.1) is 13.8 Å². The Bertz CT molecular complexity index is 1220. The van der Waals surface area contributed by atoms with E-state index in [2.05, 4.69) is 15.7 Å². The Morgan fingerprint density at radius 2 is 1.90 bits per heavy atom. The first-order valence-corrected chi connectivity index (χ1v) is 11.7. The van der Waals surface area contributed by atoms with Gasteiger partial charge in [-0.3, -0.25) is 4.31 Å². The summed E-state index contributed by atoms with van der Waals surface area (Å²) in [4.78, 5) is 12.3. The van der Waals surface area contributed by atoms with E-state index in [1.54, 1.807) is 10.7 Å². The first-order chi connectivity index (χ1) is 14.8. The van der Waals surface area contributed by atoms with Gasteiger partial charge in [0, 0.05) is 24.5 Å². The molecule has 31 heavy (non-hydrogen) atoms. The minimum absolute atomic E-state index is 0.0178. The number of hydrogen-bond donors (Lipinski definition) is 2. The normalized spacial score (nSPS) is 13.2. The molecule has 162 valence electrons. The quantitative estimate of drug-likeness (QED) is 0.617. The number of nitrogens with one attached hydrogen (secondary N) is 2. The van der Waals surface area contributed by atoms with Crippen molar-refractivity contribution in [3.05, 3.63) is 71.5 Å². The van der Waals surface area contributed by atoms with Crippen molar-refractivity contribution >= 4 is 27.4 Å². The van der Waals surface area contributed by atoms with Gasteiger partial charge in [0.05, 0.1) is 22.8 Å². The number of anilines is 2. The maximum Gasteiger partial charge on any atom is 0.319 e. The molecule has 2 heterocycles. The highest BCUT2D eigenvalue weighted by molar-refractivity contribution is 7.92. The van der Waals surface area contributed by atoms with Gasteiger partial charge < -0.3 is 10.6 Å². The van der Waals surface area contributed by atoms with Crippen LogP contribution in [0.3, 0.4) is 0 Å². The smallest absolute Gasteiger partial charge is 0.319 e. The van der Waals surface area contributed by atoms with E-state index in [4.69, 9.17) is 0 Å². The number of hydrogen-bond acceptors (Lipinski definition) is 4. The maximum absolute atomic E-state index is 12.7. The van der Waals surface area contributed by atoms with Crippen LogP contribution in [0.25, 0.3) is 5.69 Å². The topological polar surface area (TPSA) is 96.3 Å². The molecule has 0 radical (unpaired) electrons. The Kier molecular flexibility index (Phi) is 5.69. The summed E-state index contributed by atoms with van der Waals surface area (Å²) in [6.07, 6.45) is 0.703. The lowest BCUT2D eigenvalue weighted by Crippen LogP contribution is -2.38. The second-order valence-electron chi connectivity index (χ2n) is 7.54. The van der Waals surface area contributed by atoms with E-state index in [-0.39, 0.29) is 12.3 Å². The van der Waals surface area contributed by atoms with Crippen molar-refractivity contribution in [3.63, 3.8) is 0 Å². The van der Waals surface area contributed by atoms with Crippen LogP contribution in [0.15, 0.2) is 54.6 Å². The minimum Gasteiger partial charge on any atom is -0.337 e. The Hall–Kier alpha value is -3.33. The summed E-state index contributed by atoms with van der Waals surface area (Å²) < 4.78 is 28.7. The molecule has 2 N–H and O–H groups in total. The summed E-state index contributed by atoms with van der Waals surface area (Å²) >= 11 is 0. The first-order valence-electron chi connectivity index (χ1n) is 10.1. The second kappa shape index (κ2) is 8.43. The number of carbonyl (C=O) groups excluding carboxylic acids is 1. The number of amides is 2. The van der Waals surface area contributed by atoms with Crippen LogP contribution in [-0.4, -0.2) is 43.1 Å². The fourth-order valence-corrected chi connectivity index (χ4v) is 5.21. The van der Waals surface area contributed by atoms with Crippen molar-refractivity contribution in [2.24, 2.45) is 0 Å². The van der Waals surface area contributed by atoms with Crippen molar-refractivity contribution in [1.29, 1.82) is 0 Å². The van der Waals surface area contributed by atoms with Crippen LogP contribution in [-0.2, 0) is 16.4 Å². The van der Waals surface area contributed by atoms with E-state index in [0.29, 0.717) is 18.7 Å². The standard InChI is InChI=1S/C22H25N5O3S/c1-16-14-17(2)27(25-16)20-8-5-7-19(15-20)24-22(28)23-11-13-31(29,30)26-12-10-18-6-3-4-9-21(18)26/h3-9,14-15H,10-13H2,1-2H3,(H2,23,24,28). The molecule has 2 aromatic carbocycles. The van der Waals surface area contributed by atoms with Crippen LogP contribution in [0.4, 0.5) is 16.2 Å². The van der Waals surface area contributed by atoms with Gasteiger partial charge in [-0.25, -0.2) is 17.9 Å². The van der Waals surface area contributed by atoms with Gasteiger partial charge in [0.2, 0.25) is 10.0 Å². The predicted molar refractivity (Wildman–Crippen MR) is 121 cm³/mol. The highest BCUT2D eigenvalue weighted by Gasteiger charge is 2.28. The van der Waals surface area contributed by atoms with E-state index in [1.807, 2.05) is 62.4 Å². The number of benzene rings is 2. The average molecular weight is 440 g/mol. The molecule has 0 bridgehead atoms. The van der Waals surface area contributed by atoms with Crippen LogP contribution in [0.5, 0.6) is 0 Å². The summed E-state index contributed by atoms with van der Waals surface area (Å²) in [5.74, 6) is -0.166. The Balaban J connectivity index is 1.34. The van der Waals surface area contributed by atoms with Gasteiger partial charge >= 0.3 is 6.03 Å². The van der Waals surface area contributed by atoms with E-state index in [0.717, 1.165) is 28.3 Å². The van der Waals surface area contributed by atoms with E-state index in [1.165, 1.54) is 4.31 Å². The van der Waals surface area contributed by atoms with Crippen molar-refractivity contribution in [2.75, 3.05) is 28.5 Å². The van der Waals surface area contributed by atoms with E-state index in [9.17, 15) is 13.2 Å². The fourth-order valence-electron chi connectivity index (χ4n) is 3.78. The number of sulfonamides is 1. The van der Waals surface area contributed by atoms with Crippen LogP contribution < -0.4 is 14.9 Å². The minimum atomic E-state index is -3.51. The predicted octanol–water partition coefficient (Wildman–Crippen LogP) is 3.00. The second-order valence-corrected chi connectivity index (χ2v) is 9.55. The van der Waals surface area contributed by atoms with Gasteiger partial charge in [0.15, 0.2) is 0 Å². The molecule has 9 heteroatoms. The van der Waals surface area contributed by atoms with Crippen molar-refractivity contribution in [1.82, 2.24) is 15.1 Å². The molecule has 0 fully saturated rings. The SMILES string of the molecule is Cc1cc(C)n(-c2cccc(NC(=O)NCCS(=O)(=O)N3CCc4ccccc43)c2)n1. The van der Waals surface area contributed by atoms with Crippen molar-refractivity contribution in [3.8, 4) is 5.69 Å². The van der Waals surface area contributed by atoms with Gasteiger partial charge in [-0.05, 0) is 56.2 Å². The zero-order valence-electron chi connectivity index (χ0n) is 17.5. The molecule has 0 saturated heterocycles. The van der Waals surface area contributed by atoms with Gasteiger partial charge in [-0.2, -0.15) is 5.10 Å². The van der Waals surface area contributed by atoms with Gasteiger partial charge in [0.25, 0.3) is 0 Å². The van der Waals surface area contributed by atoms with Gasteiger partial charge in [0.1, 0.15) is 0 Å². The van der Waals surface area contributed by atoms with Crippen LogP contribution in [0.2, 0.25) is 0 Å². The molecular weight excluding hydrogens is 414 g/mol. The third kappa shape index (κ3) is 4.56. The Morgan fingerprint density at radius 3 is 2.68 bits per heavy atom. The molecule has 8 nitrogen and oxygen atoms in total. The number of aryl methyl sites for hydroxylation is 2. The highest BCUT2D eigenvalue weighted by atomic mass is 32.2. The Morgan fingerprint density at radius 1 is 1.10 bits per heavy atom. The van der Waals surface area contributed by atoms with Crippen molar-refractivity contribution < 1.29 is 13.2 Å². The number of fused-ring (bicyclic) bond motifs is 1. The summed E-state index contributed by atoms with van der Waals surface area (Å²) in [6.45, 7) is 4.34. The van der Waals surface area contributed by atoms with Crippen LogP contribution >= 0.6 is 0 Å². The molecule has 3 aromatic rings. The zero-order chi connectivity index (χ0) is 22.0. The summed E-state index contributed by atoms with van der Waals surface area (Å²) in [7, 11) is -3.51. The third-order valence-corrected chi connectivity index (χ3v) is 6.95. The summed E-state index contributed by atoms with van der Waals surface area (Å²) in [5.41, 5.74) is 5.09. The summed E-state index contributed by atoms with van der Waals surface area (Å²) in [5, 5.41) is 9.83. The monoisotopic (exact) mass is 439 g/mol. The van der Waals surface area contributed by atoms with Crippen LogP contribution in [0.1, 0.15) is 17.0 Å². The molecule has 1 aromatic heterocycles. The fraction of sp³-hybridized carbons (Fsp3) is 0.273. The number of nitrogens with zero attached hydrogens (tertiary/aromatic N) is 3. The molecule has 0 atom stereocenters. The van der Waals surface area contributed by atoms with E-state index >= 15 is 0 Å². The van der Waals surface area contributed by atoms with E-state index < -0.39 is 16.1 Å². The number of para-hydroxylation sites is 1. The lowest BCUT2D eigenvalue weighted by Gasteiger charge is -2.19. The molecule has 0 aliphatic carbocycles. The molecule has 1 aliphatic heterocycles. The lowest BCUT2D eigenvalue weighted by molar-refractivity contribution is 0.252. The highest BCUT2D eigenvalue weighted by Crippen LogP contribution is 2.29. The molecule has 1 aliphatic rings. The molecule has 0 spiro atoms. The zero-order valence-corrected chi connectivity index (χ0v) is 18.3. The summed E-state index contributed by atoms with van der Waals surface area (Å²) in [6, 6.07) is 16.3. The van der Waals surface area contributed by atoms with Gasteiger partial charge in [-0.1, -0.05) is 24.3 Å². The molecule has 4 rings (SSSR count). The largest absolute Gasteiger partial charge is 0.337 e. The molecular formula is C22H25N5O3S. The molecule has 0 unspecified atom stereocenters. The third-order valence-electron chi connectivity index (χ3n) is 5.18. The number of rotatable bonds is 6. The lowest BCUT2D eigenvalue weighted by atomic mass is 10.2. The molecule has 0 saturated carbocycles. The number of urea groups is 1. The maximum atomic E-state index is 12.7. The Labute approximate surface area is 181 Å². The molecule has 2 amide bonds.